The molecule has 1 N–H and O–H groups in total. The van der Waals surface area contributed by atoms with Crippen LogP contribution >= 0.6 is 11.6 Å². The average Bonchev–Trinajstić information content (AvgIpc) is 3.45. The fraction of sp³-hybridized carbons (Fsp3) is 0.286. The molecule has 252 valence electrons. The lowest BCUT2D eigenvalue weighted by atomic mass is 9.49. The largest absolute Gasteiger partial charge is 0.573 e. The van der Waals surface area contributed by atoms with Gasteiger partial charge in [-0.15, -0.1) is 13.2 Å². The van der Waals surface area contributed by atoms with Crippen molar-refractivity contribution in [3.63, 3.8) is 0 Å². The minimum absolute atomic E-state index is 0.0692. The number of phenolic OH excluding ortho intramolecular Hbond substituents is 1. The quantitative estimate of drug-likeness (QED) is 0.265. The molecule has 1 saturated carbocycles. The SMILES string of the molecule is COC(=O)N1C(=O)[C@H]2[C@H](CC=C3[C@H]2C[C@H]2C(=O)N(c4cccc(Cl)c4)C(=O)[C@@]2(c2ccccc2)[C@H]3c2cc(OC(F)(F)F)ccc2O)C1=O. The smallest absolute Gasteiger partial charge is 0.508 e. The van der Waals surface area contributed by atoms with E-state index < -0.39 is 82.6 Å². The number of likely N-dealkylation sites (tertiary alicyclic amines) is 1. The summed E-state index contributed by atoms with van der Waals surface area (Å²) in [5.74, 6) is -9.94. The monoisotopic (exact) mass is 694 g/mol. The summed E-state index contributed by atoms with van der Waals surface area (Å²) in [6, 6.07) is 17.1. The molecule has 0 unspecified atom stereocenters. The van der Waals surface area contributed by atoms with Crippen LogP contribution in [0.3, 0.4) is 0 Å². The van der Waals surface area contributed by atoms with Gasteiger partial charge in [0.15, 0.2) is 0 Å². The van der Waals surface area contributed by atoms with E-state index in [-0.39, 0.29) is 29.1 Å². The van der Waals surface area contributed by atoms with Gasteiger partial charge in [-0.05, 0) is 60.7 Å². The second-order valence-corrected chi connectivity index (χ2v) is 12.8. The van der Waals surface area contributed by atoms with Crippen molar-refractivity contribution >= 4 is 47.0 Å². The number of imide groups is 4. The Morgan fingerprint density at radius 1 is 0.939 bits per heavy atom. The standard InChI is InChI=1S/C35H26ClF3N2O8/c1-48-33(47)41-29(43)22-12-11-21-23(27(22)31(41)45)16-25-30(44)40(19-9-5-8-18(36)14-19)32(46)34(25,17-6-3-2-4-7-17)28(21)24-15-20(10-13-26(24)42)49-35(37,38)39/h2-11,13-15,22-23,25,27-28,42H,12,16H2,1H3/t22-,23+,25-,27-,28+,34+/m0/s1. The maximum absolute atomic E-state index is 15.1. The summed E-state index contributed by atoms with van der Waals surface area (Å²) in [7, 11) is 1.02. The predicted octanol–water partition coefficient (Wildman–Crippen LogP) is 5.87. The van der Waals surface area contributed by atoms with E-state index in [1.807, 2.05) is 0 Å². The summed E-state index contributed by atoms with van der Waals surface area (Å²) in [6.07, 6.45) is -4.87. The Morgan fingerprint density at radius 2 is 1.67 bits per heavy atom. The number of anilines is 1. The highest BCUT2D eigenvalue weighted by Crippen LogP contribution is 2.65. The first-order chi connectivity index (χ1) is 23.3. The minimum atomic E-state index is -5.10. The van der Waals surface area contributed by atoms with Gasteiger partial charge < -0.3 is 14.6 Å². The molecule has 2 aliphatic carbocycles. The van der Waals surface area contributed by atoms with Crippen molar-refractivity contribution in [2.75, 3.05) is 12.0 Å². The fourth-order valence-electron chi connectivity index (χ4n) is 8.32. The summed E-state index contributed by atoms with van der Waals surface area (Å²) in [4.78, 5) is 71.0. The molecule has 0 radical (unpaired) electrons. The van der Waals surface area contributed by atoms with Crippen LogP contribution in [0.1, 0.15) is 29.9 Å². The molecule has 2 saturated heterocycles. The van der Waals surface area contributed by atoms with Gasteiger partial charge in [-0.25, -0.2) is 9.69 Å². The van der Waals surface area contributed by atoms with Crippen LogP contribution in [0.5, 0.6) is 11.5 Å². The number of benzene rings is 3. The van der Waals surface area contributed by atoms with Crippen LogP contribution in [0, 0.1) is 23.7 Å². The zero-order chi connectivity index (χ0) is 35.0. The highest BCUT2D eigenvalue weighted by molar-refractivity contribution is 6.32. The normalized spacial score (nSPS) is 27.8. The minimum Gasteiger partial charge on any atom is -0.508 e. The van der Waals surface area contributed by atoms with Crippen molar-refractivity contribution < 1.29 is 51.7 Å². The van der Waals surface area contributed by atoms with Crippen molar-refractivity contribution in [3.8, 4) is 11.5 Å². The van der Waals surface area contributed by atoms with Crippen LogP contribution in [0.25, 0.3) is 0 Å². The second-order valence-electron chi connectivity index (χ2n) is 12.3. The Labute approximate surface area is 281 Å². The number of hydrogen-bond donors (Lipinski definition) is 1. The first kappa shape index (κ1) is 32.4. The van der Waals surface area contributed by atoms with E-state index in [0.29, 0.717) is 16.0 Å². The number of halogens is 4. The fourth-order valence-corrected chi connectivity index (χ4v) is 8.50. The molecule has 3 fully saturated rings. The molecule has 3 aromatic rings. The van der Waals surface area contributed by atoms with Crippen molar-refractivity contribution in [2.24, 2.45) is 23.7 Å². The Morgan fingerprint density at radius 3 is 2.35 bits per heavy atom. The molecule has 2 aliphatic heterocycles. The molecule has 10 nitrogen and oxygen atoms in total. The van der Waals surface area contributed by atoms with Crippen LogP contribution in [-0.4, -0.2) is 53.2 Å². The number of methoxy groups -OCH3 is 1. The van der Waals surface area contributed by atoms with Crippen LogP contribution in [0.4, 0.5) is 23.7 Å². The van der Waals surface area contributed by atoms with E-state index >= 15 is 4.79 Å². The average molecular weight is 695 g/mol. The van der Waals surface area contributed by atoms with Gasteiger partial charge in [-0.1, -0.05) is 59.6 Å². The number of carbonyl (C=O) groups is 5. The van der Waals surface area contributed by atoms with Crippen LogP contribution < -0.4 is 9.64 Å². The Balaban J connectivity index is 1.51. The van der Waals surface area contributed by atoms with Gasteiger partial charge in [0.2, 0.25) is 23.6 Å². The van der Waals surface area contributed by atoms with E-state index in [1.54, 1.807) is 48.5 Å². The number of ether oxygens (including phenoxy) is 2. The van der Waals surface area contributed by atoms with Gasteiger partial charge in [-0.2, -0.15) is 4.90 Å². The van der Waals surface area contributed by atoms with E-state index in [2.05, 4.69) is 4.74 Å². The Bertz CT molecular complexity index is 1970. The first-order valence-electron chi connectivity index (χ1n) is 15.2. The number of nitrogens with zero attached hydrogens (tertiary/aromatic N) is 2. The third-order valence-electron chi connectivity index (χ3n) is 10.1. The van der Waals surface area contributed by atoms with Crippen molar-refractivity contribution in [1.29, 1.82) is 0 Å². The molecular weight excluding hydrogens is 669 g/mol. The second kappa shape index (κ2) is 11.5. The van der Waals surface area contributed by atoms with Crippen molar-refractivity contribution in [3.05, 3.63) is 101 Å². The highest BCUT2D eigenvalue weighted by atomic mass is 35.5. The molecule has 14 heteroatoms. The molecule has 5 amide bonds. The predicted molar refractivity (Wildman–Crippen MR) is 165 cm³/mol. The Kier molecular flexibility index (Phi) is 7.58. The summed E-state index contributed by atoms with van der Waals surface area (Å²) in [5, 5.41) is 11.6. The van der Waals surface area contributed by atoms with Gasteiger partial charge >= 0.3 is 12.5 Å². The van der Waals surface area contributed by atoms with Gasteiger partial charge in [0.1, 0.15) is 11.5 Å². The summed E-state index contributed by atoms with van der Waals surface area (Å²) >= 11 is 6.27. The van der Waals surface area contributed by atoms with Crippen LogP contribution in [0.2, 0.25) is 5.02 Å². The summed E-state index contributed by atoms with van der Waals surface area (Å²) in [5.41, 5.74) is -1.20. The number of aromatic hydroxyl groups is 1. The maximum atomic E-state index is 15.1. The van der Waals surface area contributed by atoms with Crippen LogP contribution in [0.15, 0.2) is 84.4 Å². The van der Waals surface area contributed by atoms with Crippen molar-refractivity contribution in [2.45, 2.75) is 30.5 Å². The molecular formula is C35H26ClF3N2O8. The number of hydrogen-bond acceptors (Lipinski definition) is 8. The number of alkyl halides is 3. The number of fused-ring (bicyclic) bond motifs is 4. The molecule has 0 bridgehead atoms. The van der Waals surface area contributed by atoms with E-state index in [0.717, 1.165) is 30.2 Å². The van der Waals surface area contributed by atoms with Gasteiger partial charge in [0, 0.05) is 16.5 Å². The third kappa shape index (κ3) is 4.81. The van der Waals surface area contributed by atoms with Crippen molar-refractivity contribution in [1.82, 2.24) is 4.90 Å². The van der Waals surface area contributed by atoms with E-state index in [1.165, 1.54) is 12.1 Å². The number of phenols is 1. The lowest BCUT2D eigenvalue weighted by Crippen LogP contribution is -2.53. The maximum Gasteiger partial charge on any atom is 0.573 e. The molecule has 0 spiro atoms. The Hall–Kier alpha value is -5.17. The third-order valence-corrected chi connectivity index (χ3v) is 10.3. The zero-order valence-electron chi connectivity index (χ0n) is 25.5. The molecule has 6 atom stereocenters. The molecule has 4 aliphatic rings. The molecule has 7 rings (SSSR count). The summed E-state index contributed by atoms with van der Waals surface area (Å²) < 4.78 is 49.3. The van der Waals surface area contributed by atoms with E-state index in [4.69, 9.17) is 16.3 Å². The number of rotatable bonds is 4. The molecule has 0 aromatic heterocycles. The molecule has 3 aromatic carbocycles. The number of allylic oxidation sites excluding steroid dienone is 2. The summed E-state index contributed by atoms with van der Waals surface area (Å²) in [6.45, 7) is 0. The topological polar surface area (TPSA) is 131 Å². The van der Waals surface area contributed by atoms with Gasteiger partial charge in [0.05, 0.1) is 36.0 Å². The number of amides is 5. The number of carbonyl (C=O) groups excluding carboxylic acids is 5. The zero-order valence-corrected chi connectivity index (χ0v) is 26.3. The lowest BCUT2D eigenvalue weighted by Gasteiger charge is -2.50. The first-order valence-corrected chi connectivity index (χ1v) is 15.6. The van der Waals surface area contributed by atoms with Gasteiger partial charge in [0.25, 0.3) is 0 Å². The molecule has 49 heavy (non-hydrogen) atoms. The lowest BCUT2D eigenvalue weighted by molar-refractivity contribution is -0.274. The van der Waals surface area contributed by atoms with E-state index in [9.17, 15) is 37.5 Å². The van der Waals surface area contributed by atoms with Gasteiger partial charge in [-0.3, -0.25) is 19.2 Å². The molecule has 2 heterocycles. The van der Waals surface area contributed by atoms with Crippen LogP contribution in [-0.2, 0) is 29.3 Å². The highest BCUT2D eigenvalue weighted by Gasteiger charge is 2.70.